The molecule has 2 N–H and O–H groups in total. The molecule has 0 bridgehead atoms. The third-order valence-electron chi connectivity index (χ3n) is 4.15. The van der Waals surface area contributed by atoms with Crippen molar-refractivity contribution in [2.75, 3.05) is 20.6 Å². The second kappa shape index (κ2) is 8.03. The van der Waals surface area contributed by atoms with E-state index in [9.17, 15) is 4.79 Å². The smallest absolute Gasteiger partial charge is 0.315 e. The quantitative estimate of drug-likeness (QED) is 0.850. The predicted molar refractivity (Wildman–Crippen MR) is 98.6 cm³/mol. The Morgan fingerprint density at radius 1 is 1.12 bits per heavy atom. The molecule has 0 saturated heterocycles. The van der Waals surface area contributed by atoms with Gasteiger partial charge < -0.3 is 20.3 Å². The van der Waals surface area contributed by atoms with Crippen LogP contribution in [-0.2, 0) is 19.5 Å². The molecular weight excluding hydrogens is 314 g/mol. The van der Waals surface area contributed by atoms with Crippen molar-refractivity contribution in [3.8, 4) is 5.75 Å². The van der Waals surface area contributed by atoms with Gasteiger partial charge in [-0.2, -0.15) is 0 Å². The predicted octanol–water partition coefficient (Wildman–Crippen LogP) is 2.55. The van der Waals surface area contributed by atoms with Gasteiger partial charge in [0.05, 0.1) is 6.54 Å². The average Bonchev–Trinajstić information content (AvgIpc) is 3.01. The molecular formula is C20H25N3O2. The molecule has 0 radical (unpaired) electrons. The maximum atomic E-state index is 12.0. The summed E-state index contributed by atoms with van der Waals surface area (Å²) in [6.07, 6.45) is 0.842. The number of carbonyl (C=O) groups is 1. The number of carbonyl (C=O) groups excluding carboxylic acids is 1. The Morgan fingerprint density at radius 2 is 1.92 bits per heavy atom. The van der Waals surface area contributed by atoms with E-state index in [0.29, 0.717) is 13.1 Å². The van der Waals surface area contributed by atoms with Gasteiger partial charge >= 0.3 is 6.03 Å². The van der Waals surface area contributed by atoms with E-state index in [1.807, 2.05) is 44.4 Å². The van der Waals surface area contributed by atoms with Crippen molar-refractivity contribution in [3.05, 3.63) is 65.2 Å². The number of fused-ring (bicyclic) bond motifs is 1. The molecule has 0 saturated carbocycles. The summed E-state index contributed by atoms with van der Waals surface area (Å²) < 4.78 is 5.83. The molecule has 25 heavy (non-hydrogen) atoms. The van der Waals surface area contributed by atoms with Gasteiger partial charge in [0.1, 0.15) is 11.9 Å². The van der Waals surface area contributed by atoms with Crippen LogP contribution in [-0.4, -0.2) is 37.7 Å². The maximum Gasteiger partial charge on any atom is 0.315 e. The third kappa shape index (κ3) is 4.97. The molecule has 2 amide bonds. The summed E-state index contributed by atoms with van der Waals surface area (Å²) in [5, 5.41) is 5.80. The summed E-state index contributed by atoms with van der Waals surface area (Å²) in [4.78, 5) is 14.1. The van der Waals surface area contributed by atoms with E-state index in [4.69, 9.17) is 4.74 Å². The SMILES string of the molecule is CN(C)Cc1cccc(CNC(=O)NCC2Cc3ccccc3O2)c1. The van der Waals surface area contributed by atoms with E-state index in [1.165, 1.54) is 11.1 Å². The Bertz CT molecular complexity index is 705. The number of nitrogens with one attached hydrogen (secondary N) is 2. The number of rotatable bonds is 6. The first kappa shape index (κ1) is 17.3. The number of urea groups is 1. The monoisotopic (exact) mass is 339 g/mol. The van der Waals surface area contributed by atoms with Crippen molar-refractivity contribution in [2.24, 2.45) is 0 Å². The first-order valence-electron chi connectivity index (χ1n) is 8.59. The van der Waals surface area contributed by atoms with E-state index in [0.717, 1.165) is 24.3 Å². The van der Waals surface area contributed by atoms with Crippen LogP contribution in [0.1, 0.15) is 16.7 Å². The largest absolute Gasteiger partial charge is 0.488 e. The lowest BCUT2D eigenvalue weighted by Crippen LogP contribution is -2.40. The average molecular weight is 339 g/mol. The molecule has 1 aliphatic rings. The van der Waals surface area contributed by atoms with Crippen molar-refractivity contribution in [3.63, 3.8) is 0 Å². The lowest BCUT2D eigenvalue weighted by Gasteiger charge is -2.13. The van der Waals surface area contributed by atoms with Crippen molar-refractivity contribution in [2.45, 2.75) is 25.6 Å². The van der Waals surface area contributed by atoms with Crippen LogP contribution in [0.3, 0.4) is 0 Å². The van der Waals surface area contributed by atoms with Crippen molar-refractivity contribution in [1.82, 2.24) is 15.5 Å². The van der Waals surface area contributed by atoms with Gasteiger partial charge in [-0.25, -0.2) is 4.79 Å². The highest BCUT2D eigenvalue weighted by molar-refractivity contribution is 5.73. The highest BCUT2D eigenvalue weighted by Gasteiger charge is 2.22. The molecule has 2 aromatic rings. The molecule has 2 aromatic carbocycles. The third-order valence-corrected chi connectivity index (χ3v) is 4.15. The van der Waals surface area contributed by atoms with Gasteiger partial charge in [0, 0.05) is 19.5 Å². The molecule has 5 nitrogen and oxygen atoms in total. The van der Waals surface area contributed by atoms with Crippen LogP contribution in [0.5, 0.6) is 5.75 Å². The minimum atomic E-state index is -0.169. The number of nitrogens with zero attached hydrogens (tertiary/aromatic N) is 1. The van der Waals surface area contributed by atoms with Crippen LogP contribution in [0.15, 0.2) is 48.5 Å². The lowest BCUT2D eigenvalue weighted by atomic mass is 10.1. The van der Waals surface area contributed by atoms with Crippen LogP contribution in [0.4, 0.5) is 4.79 Å². The molecule has 0 spiro atoms. The number of benzene rings is 2. The Balaban J connectivity index is 1.42. The normalized spacial score (nSPS) is 15.6. The zero-order valence-electron chi connectivity index (χ0n) is 14.8. The van der Waals surface area contributed by atoms with Crippen molar-refractivity contribution in [1.29, 1.82) is 0 Å². The zero-order valence-corrected chi connectivity index (χ0v) is 14.8. The van der Waals surface area contributed by atoms with Gasteiger partial charge in [-0.3, -0.25) is 0 Å². The highest BCUT2D eigenvalue weighted by atomic mass is 16.5. The van der Waals surface area contributed by atoms with Gasteiger partial charge in [-0.1, -0.05) is 42.5 Å². The van der Waals surface area contributed by atoms with Gasteiger partial charge in [0.15, 0.2) is 0 Å². The van der Waals surface area contributed by atoms with Gasteiger partial charge in [-0.05, 0) is 36.9 Å². The molecule has 1 unspecified atom stereocenters. The summed E-state index contributed by atoms with van der Waals surface area (Å²) in [5.74, 6) is 0.924. The maximum absolute atomic E-state index is 12.0. The molecule has 1 heterocycles. The number of hydrogen-bond donors (Lipinski definition) is 2. The fourth-order valence-electron chi connectivity index (χ4n) is 3.02. The molecule has 1 aliphatic heterocycles. The topological polar surface area (TPSA) is 53.6 Å². The van der Waals surface area contributed by atoms with E-state index in [-0.39, 0.29) is 12.1 Å². The second-order valence-corrected chi connectivity index (χ2v) is 6.67. The first-order valence-corrected chi connectivity index (χ1v) is 8.59. The van der Waals surface area contributed by atoms with E-state index >= 15 is 0 Å². The van der Waals surface area contributed by atoms with Crippen LogP contribution in [0.2, 0.25) is 0 Å². The van der Waals surface area contributed by atoms with Crippen LogP contribution in [0, 0.1) is 0 Å². The number of hydrogen-bond acceptors (Lipinski definition) is 3. The van der Waals surface area contributed by atoms with E-state index < -0.39 is 0 Å². The van der Waals surface area contributed by atoms with Crippen LogP contribution >= 0.6 is 0 Å². The van der Waals surface area contributed by atoms with E-state index in [1.54, 1.807) is 0 Å². The van der Waals surface area contributed by atoms with Gasteiger partial charge in [-0.15, -0.1) is 0 Å². The summed E-state index contributed by atoms with van der Waals surface area (Å²) in [5.41, 5.74) is 3.54. The number of amides is 2. The minimum absolute atomic E-state index is 0.00608. The Kier molecular flexibility index (Phi) is 5.56. The Labute approximate surface area is 149 Å². The summed E-state index contributed by atoms with van der Waals surface area (Å²) in [6, 6.07) is 16.1. The van der Waals surface area contributed by atoms with Gasteiger partial charge in [0.2, 0.25) is 0 Å². The molecule has 0 aromatic heterocycles. The summed E-state index contributed by atoms with van der Waals surface area (Å²) >= 11 is 0. The minimum Gasteiger partial charge on any atom is -0.488 e. The zero-order chi connectivity index (χ0) is 17.6. The molecule has 3 rings (SSSR count). The fourth-order valence-corrected chi connectivity index (χ4v) is 3.02. The second-order valence-electron chi connectivity index (χ2n) is 6.67. The summed E-state index contributed by atoms with van der Waals surface area (Å²) in [7, 11) is 4.09. The van der Waals surface area contributed by atoms with E-state index in [2.05, 4.69) is 33.7 Å². The molecule has 0 aliphatic carbocycles. The van der Waals surface area contributed by atoms with Crippen molar-refractivity contribution < 1.29 is 9.53 Å². The molecule has 5 heteroatoms. The lowest BCUT2D eigenvalue weighted by molar-refractivity contribution is 0.214. The molecule has 1 atom stereocenters. The van der Waals surface area contributed by atoms with Gasteiger partial charge in [0.25, 0.3) is 0 Å². The number of ether oxygens (including phenoxy) is 1. The molecule has 0 fully saturated rings. The highest BCUT2D eigenvalue weighted by Crippen LogP contribution is 2.27. The van der Waals surface area contributed by atoms with Crippen molar-refractivity contribution >= 4 is 6.03 Å². The summed E-state index contributed by atoms with van der Waals surface area (Å²) in [6.45, 7) is 1.90. The Morgan fingerprint density at radius 3 is 2.72 bits per heavy atom. The standard InChI is InChI=1S/C20H25N3O2/c1-23(2)14-16-7-5-6-15(10-16)12-21-20(24)22-13-18-11-17-8-3-4-9-19(17)25-18/h3-10,18H,11-14H2,1-2H3,(H2,21,22,24). The van der Waals surface area contributed by atoms with Crippen LogP contribution in [0.25, 0.3) is 0 Å². The Hall–Kier alpha value is -2.53. The number of para-hydroxylation sites is 1. The molecule has 132 valence electrons. The van der Waals surface area contributed by atoms with Crippen LogP contribution < -0.4 is 15.4 Å². The first-order chi connectivity index (χ1) is 12.1. The fraction of sp³-hybridized carbons (Fsp3) is 0.350.